The Kier molecular flexibility index (Phi) is 4.89. The number of benzene rings is 1. The summed E-state index contributed by atoms with van der Waals surface area (Å²) in [6, 6.07) is 11.0. The van der Waals surface area contributed by atoms with Crippen molar-refractivity contribution in [3.63, 3.8) is 0 Å². The number of hydrogen-bond donors (Lipinski definition) is 0. The van der Waals surface area contributed by atoms with Crippen LogP contribution < -0.4 is 0 Å². The van der Waals surface area contributed by atoms with E-state index < -0.39 is 15.1 Å². The number of thiophene rings is 1. The van der Waals surface area contributed by atoms with E-state index in [9.17, 15) is 13.2 Å². The van der Waals surface area contributed by atoms with Gasteiger partial charge in [-0.15, -0.1) is 11.3 Å². The van der Waals surface area contributed by atoms with Crippen LogP contribution in [-0.2, 0) is 9.84 Å². The number of halogens is 1. The second-order valence-corrected chi connectivity index (χ2v) is 9.61. The highest BCUT2D eigenvalue weighted by Gasteiger charge is 2.33. The van der Waals surface area contributed by atoms with Crippen LogP contribution in [0.25, 0.3) is 0 Å². The first kappa shape index (κ1) is 16.7. The van der Waals surface area contributed by atoms with E-state index in [1.807, 2.05) is 35.7 Å². The number of amides is 1. The van der Waals surface area contributed by atoms with E-state index >= 15 is 0 Å². The molecule has 7 heteroatoms. The Balaban J connectivity index is 1.81. The summed E-state index contributed by atoms with van der Waals surface area (Å²) in [6.07, 6.45) is 0.435. The molecule has 2 aromatic rings. The minimum absolute atomic E-state index is 0.00481. The smallest absolute Gasteiger partial charge is 0.263 e. The van der Waals surface area contributed by atoms with E-state index in [2.05, 4.69) is 15.9 Å². The largest absolute Gasteiger partial charge is 0.337 e. The van der Waals surface area contributed by atoms with Crippen LogP contribution in [0.5, 0.6) is 0 Å². The summed E-state index contributed by atoms with van der Waals surface area (Å²) in [7, 11) is -3.26. The van der Waals surface area contributed by atoms with Crippen molar-refractivity contribution >= 4 is 43.0 Å². The van der Waals surface area contributed by atoms with Crippen molar-refractivity contribution in [1.82, 2.24) is 4.90 Å². The molecule has 1 atom stereocenters. The van der Waals surface area contributed by atoms with Crippen molar-refractivity contribution in [2.24, 2.45) is 0 Å². The summed E-state index contributed by atoms with van der Waals surface area (Å²) in [5, 5.41) is 1.32. The van der Waals surface area contributed by atoms with Crippen molar-refractivity contribution in [3.05, 3.63) is 56.7 Å². The minimum atomic E-state index is -3.26. The summed E-state index contributed by atoms with van der Waals surface area (Å²) in [4.78, 5) is 14.8. The second kappa shape index (κ2) is 6.75. The summed E-state index contributed by atoms with van der Waals surface area (Å²) in [5.41, 5.74) is 0.806. The molecule has 0 radical (unpaired) electrons. The normalized spacial score (nSPS) is 20.9. The average molecular weight is 414 g/mol. The molecule has 0 aliphatic carbocycles. The molecule has 4 nitrogen and oxygen atoms in total. The lowest BCUT2D eigenvalue weighted by Crippen LogP contribution is -2.33. The molecule has 1 aromatic heterocycles. The Hall–Kier alpha value is -1.18. The molecule has 3 rings (SSSR count). The van der Waals surface area contributed by atoms with E-state index in [1.165, 1.54) is 11.3 Å². The topological polar surface area (TPSA) is 54.5 Å². The van der Waals surface area contributed by atoms with Crippen molar-refractivity contribution in [2.45, 2.75) is 11.7 Å². The predicted molar refractivity (Wildman–Crippen MR) is 95.5 cm³/mol. The summed E-state index contributed by atoms with van der Waals surface area (Å²) >= 11 is 4.71. The van der Waals surface area contributed by atoms with Crippen LogP contribution >= 0.6 is 27.3 Å². The Bertz CT molecular complexity index is 802. The highest BCUT2D eigenvalue weighted by Crippen LogP contribution is 2.30. The van der Waals surface area contributed by atoms with Gasteiger partial charge in [-0.1, -0.05) is 30.3 Å². The second-order valence-electron chi connectivity index (χ2n) is 5.48. The van der Waals surface area contributed by atoms with E-state index in [0.717, 1.165) is 10.0 Å². The number of hydrogen-bond acceptors (Lipinski definition) is 4. The van der Waals surface area contributed by atoms with Gasteiger partial charge in [0.25, 0.3) is 5.91 Å². The Labute approximate surface area is 148 Å². The van der Waals surface area contributed by atoms with Crippen LogP contribution in [0.15, 0.2) is 46.3 Å². The van der Waals surface area contributed by atoms with Gasteiger partial charge in [0.05, 0.1) is 15.9 Å². The van der Waals surface area contributed by atoms with Gasteiger partial charge in [0.1, 0.15) is 0 Å². The van der Waals surface area contributed by atoms with Crippen molar-refractivity contribution in [3.8, 4) is 0 Å². The van der Waals surface area contributed by atoms with Crippen LogP contribution in [0.1, 0.15) is 26.9 Å². The summed E-state index contributed by atoms with van der Waals surface area (Å²) < 4.78 is 26.0. The molecule has 0 bridgehead atoms. The van der Waals surface area contributed by atoms with E-state index in [0.29, 0.717) is 17.8 Å². The number of sulfone groups is 1. The van der Waals surface area contributed by atoms with Gasteiger partial charge < -0.3 is 4.90 Å². The van der Waals surface area contributed by atoms with Gasteiger partial charge in [-0.25, -0.2) is 8.42 Å². The Morgan fingerprint density at radius 3 is 2.61 bits per heavy atom. The molecular formula is C16H16BrNO3S2. The molecule has 0 N–H and O–H groups in total. The molecule has 0 saturated carbocycles. The summed E-state index contributed by atoms with van der Waals surface area (Å²) in [5.74, 6) is -0.0881. The molecule has 2 heterocycles. The third kappa shape index (κ3) is 3.67. The van der Waals surface area contributed by atoms with Gasteiger partial charge in [-0.2, -0.15) is 0 Å². The highest BCUT2D eigenvalue weighted by atomic mass is 79.9. The van der Waals surface area contributed by atoms with Gasteiger partial charge >= 0.3 is 0 Å². The molecule has 1 amide bonds. The molecule has 122 valence electrons. The zero-order valence-corrected chi connectivity index (χ0v) is 15.5. The van der Waals surface area contributed by atoms with Crippen molar-refractivity contribution in [1.29, 1.82) is 0 Å². The molecule has 0 spiro atoms. The van der Waals surface area contributed by atoms with E-state index in [4.69, 9.17) is 0 Å². The molecule has 1 unspecified atom stereocenters. The highest BCUT2D eigenvalue weighted by molar-refractivity contribution is 9.10. The maximum absolute atomic E-state index is 12.6. The van der Waals surface area contributed by atoms with Crippen molar-refractivity contribution < 1.29 is 13.2 Å². The fourth-order valence-corrected chi connectivity index (χ4v) is 5.96. The summed E-state index contributed by atoms with van der Waals surface area (Å²) in [6.45, 7) is 0.702. The zero-order valence-electron chi connectivity index (χ0n) is 12.3. The molecule has 1 aromatic carbocycles. The van der Waals surface area contributed by atoms with E-state index in [1.54, 1.807) is 11.0 Å². The van der Waals surface area contributed by atoms with Gasteiger partial charge in [-0.3, -0.25) is 4.79 Å². The Morgan fingerprint density at radius 1 is 1.22 bits per heavy atom. The number of carbonyl (C=O) groups excluding carboxylic acids is 1. The lowest BCUT2D eigenvalue weighted by molar-refractivity contribution is 0.0771. The first-order valence-electron chi connectivity index (χ1n) is 7.27. The SMILES string of the molecule is O=C(c1cc(Br)cs1)N1CCC(c2ccccc2)S(=O)(=O)CC1. The maximum Gasteiger partial charge on any atom is 0.263 e. The van der Waals surface area contributed by atoms with Gasteiger partial charge in [0.15, 0.2) is 9.84 Å². The van der Waals surface area contributed by atoms with Crippen LogP contribution in [-0.4, -0.2) is 38.1 Å². The van der Waals surface area contributed by atoms with Crippen LogP contribution in [0.2, 0.25) is 0 Å². The van der Waals surface area contributed by atoms with Gasteiger partial charge in [0.2, 0.25) is 0 Å². The molecule has 23 heavy (non-hydrogen) atoms. The monoisotopic (exact) mass is 413 g/mol. The molecule has 1 fully saturated rings. The fourth-order valence-electron chi connectivity index (χ4n) is 2.77. The lowest BCUT2D eigenvalue weighted by Gasteiger charge is -2.19. The van der Waals surface area contributed by atoms with Gasteiger partial charge in [0, 0.05) is 22.9 Å². The van der Waals surface area contributed by atoms with Crippen LogP contribution in [0.4, 0.5) is 0 Å². The third-order valence-corrected chi connectivity index (χ3v) is 7.78. The standard InChI is InChI=1S/C16H16BrNO3S2/c17-13-10-14(22-11-13)16(19)18-7-6-15(23(20,21)9-8-18)12-4-2-1-3-5-12/h1-5,10-11,15H,6-9H2. The molecule has 1 aliphatic heterocycles. The molecule has 1 aliphatic rings. The first-order chi connectivity index (χ1) is 11.0. The van der Waals surface area contributed by atoms with Crippen LogP contribution in [0, 0.1) is 0 Å². The number of rotatable bonds is 2. The predicted octanol–water partition coefficient (Wildman–Crippen LogP) is 3.51. The quantitative estimate of drug-likeness (QED) is 0.756. The van der Waals surface area contributed by atoms with Gasteiger partial charge in [-0.05, 0) is 34.0 Å². The maximum atomic E-state index is 12.6. The molecule has 1 saturated heterocycles. The van der Waals surface area contributed by atoms with Crippen molar-refractivity contribution in [2.75, 3.05) is 18.8 Å². The zero-order chi connectivity index (χ0) is 16.4. The molecular weight excluding hydrogens is 398 g/mol. The number of carbonyl (C=O) groups is 1. The average Bonchev–Trinajstić information content (AvgIpc) is 2.90. The van der Waals surface area contributed by atoms with Crippen LogP contribution in [0.3, 0.4) is 0 Å². The van der Waals surface area contributed by atoms with E-state index in [-0.39, 0.29) is 18.2 Å². The Morgan fingerprint density at radius 2 is 1.96 bits per heavy atom. The fraction of sp³-hybridized carbons (Fsp3) is 0.312. The number of nitrogens with zero attached hydrogens (tertiary/aromatic N) is 1. The lowest BCUT2D eigenvalue weighted by atomic mass is 10.1. The minimum Gasteiger partial charge on any atom is -0.337 e. The first-order valence-corrected chi connectivity index (χ1v) is 10.7. The third-order valence-electron chi connectivity index (χ3n) is 3.98.